The van der Waals surface area contributed by atoms with Crippen LogP contribution in [0.3, 0.4) is 0 Å². The fourth-order valence-corrected chi connectivity index (χ4v) is 2.50. The Morgan fingerprint density at radius 1 is 1.19 bits per heavy atom. The normalized spacial score (nSPS) is 19.9. The van der Waals surface area contributed by atoms with Crippen LogP contribution in [0.25, 0.3) is 5.57 Å². The summed E-state index contributed by atoms with van der Waals surface area (Å²) in [6.45, 7) is 4.43. The maximum absolute atomic E-state index is 2.45. The van der Waals surface area contributed by atoms with Gasteiger partial charge >= 0.3 is 0 Å². The molecule has 16 heavy (non-hydrogen) atoms. The second-order valence-corrected chi connectivity index (χ2v) is 5.04. The molecule has 0 spiro atoms. The van der Waals surface area contributed by atoms with Crippen molar-refractivity contribution in [2.45, 2.75) is 46.0 Å². The highest BCUT2D eigenvalue weighted by atomic mass is 14.2. The third kappa shape index (κ3) is 2.75. The largest absolute Gasteiger partial charge is 0.0804 e. The van der Waals surface area contributed by atoms with Crippen LogP contribution in [0.2, 0.25) is 0 Å². The topological polar surface area (TPSA) is 0 Å². The summed E-state index contributed by atoms with van der Waals surface area (Å²) in [7, 11) is 0. The van der Waals surface area contributed by atoms with E-state index in [0.29, 0.717) is 0 Å². The first-order chi connectivity index (χ1) is 7.79. The summed E-state index contributed by atoms with van der Waals surface area (Å²) in [6.07, 6.45) is 9.16. The maximum atomic E-state index is 2.45. The van der Waals surface area contributed by atoms with Crippen molar-refractivity contribution in [3.05, 3.63) is 41.5 Å². The predicted octanol–water partition coefficient (Wildman–Crippen LogP) is 4.98. The Kier molecular flexibility index (Phi) is 3.82. The van der Waals surface area contributed by atoms with Gasteiger partial charge in [0.1, 0.15) is 0 Å². The second-order valence-electron chi connectivity index (χ2n) is 5.04. The molecule has 1 atom stereocenters. The van der Waals surface area contributed by atoms with Crippen LogP contribution >= 0.6 is 0 Å². The third-order valence-corrected chi connectivity index (χ3v) is 3.59. The molecule has 0 heterocycles. The molecule has 0 nitrogen and oxygen atoms in total. The molecule has 0 saturated heterocycles. The molecule has 86 valence electrons. The summed E-state index contributed by atoms with van der Waals surface area (Å²) in [5, 5.41) is 0. The molecule has 0 saturated carbocycles. The average Bonchev–Trinajstić information content (AvgIpc) is 2.76. The van der Waals surface area contributed by atoms with Crippen LogP contribution in [-0.2, 0) is 0 Å². The van der Waals surface area contributed by atoms with Crippen LogP contribution < -0.4 is 0 Å². The molecule has 1 aromatic rings. The van der Waals surface area contributed by atoms with Gasteiger partial charge in [0.05, 0.1) is 0 Å². The number of aryl methyl sites for hydroxylation is 1. The summed E-state index contributed by atoms with van der Waals surface area (Å²) in [4.78, 5) is 0. The lowest BCUT2D eigenvalue weighted by Gasteiger charge is -2.09. The Balaban J connectivity index is 1.95. The average molecular weight is 214 g/mol. The molecule has 1 aromatic carbocycles. The fraction of sp³-hybridized carbons (Fsp3) is 0.500. The van der Waals surface area contributed by atoms with Crippen LogP contribution in [0.4, 0.5) is 0 Å². The summed E-state index contributed by atoms with van der Waals surface area (Å²) in [5.41, 5.74) is 4.36. The van der Waals surface area contributed by atoms with Crippen molar-refractivity contribution in [3.63, 3.8) is 0 Å². The molecule has 0 amide bonds. The first-order valence-electron chi connectivity index (χ1n) is 6.55. The smallest absolute Gasteiger partial charge is 0.0227 e. The number of benzene rings is 1. The minimum absolute atomic E-state index is 0.913. The Bertz CT molecular complexity index is 356. The minimum Gasteiger partial charge on any atom is -0.0804 e. The SMILES string of the molecule is CCCCC1CC=C(c2ccc(C)cc2)C1. The van der Waals surface area contributed by atoms with Crippen LogP contribution in [0.5, 0.6) is 0 Å². The third-order valence-electron chi connectivity index (χ3n) is 3.59. The summed E-state index contributed by atoms with van der Waals surface area (Å²) in [5.74, 6) is 0.913. The van der Waals surface area contributed by atoms with Gasteiger partial charge in [0, 0.05) is 0 Å². The van der Waals surface area contributed by atoms with Crippen molar-refractivity contribution < 1.29 is 0 Å². The quantitative estimate of drug-likeness (QED) is 0.663. The molecule has 0 fully saturated rings. The lowest BCUT2D eigenvalue weighted by molar-refractivity contribution is 0.498. The maximum Gasteiger partial charge on any atom is -0.0227 e. The van der Waals surface area contributed by atoms with Gasteiger partial charge in [-0.15, -0.1) is 0 Å². The Labute approximate surface area is 99.4 Å². The van der Waals surface area contributed by atoms with E-state index >= 15 is 0 Å². The molecule has 0 bridgehead atoms. The molecule has 0 aromatic heterocycles. The van der Waals surface area contributed by atoms with Crippen molar-refractivity contribution in [2.24, 2.45) is 5.92 Å². The van der Waals surface area contributed by atoms with Crippen molar-refractivity contribution in [2.75, 3.05) is 0 Å². The Hall–Kier alpha value is -1.04. The Morgan fingerprint density at radius 3 is 2.62 bits per heavy atom. The number of rotatable bonds is 4. The lowest BCUT2D eigenvalue weighted by Crippen LogP contribution is -1.94. The van der Waals surface area contributed by atoms with Gasteiger partial charge in [-0.2, -0.15) is 0 Å². The van der Waals surface area contributed by atoms with Crippen LogP contribution in [0, 0.1) is 12.8 Å². The highest BCUT2D eigenvalue weighted by Crippen LogP contribution is 2.34. The van der Waals surface area contributed by atoms with Gasteiger partial charge in [-0.3, -0.25) is 0 Å². The van der Waals surface area contributed by atoms with E-state index in [4.69, 9.17) is 0 Å². The zero-order valence-corrected chi connectivity index (χ0v) is 10.5. The fourth-order valence-electron chi connectivity index (χ4n) is 2.50. The molecular weight excluding hydrogens is 192 g/mol. The molecule has 1 aliphatic carbocycles. The van der Waals surface area contributed by atoms with Gasteiger partial charge in [-0.25, -0.2) is 0 Å². The monoisotopic (exact) mass is 214 g/mol. The van der Waals surface area contributed by atoms with E-state index in [1.165, 1.54) is 43.2 Å². The van der Waals surface area contributed by atoms with Crippen LogP contribution in [-0.4, -0.2) is 0 Å². The molecule has 0 aliphatic heterocycles. The molecule has 0 heteroatoms. The zero-order chi connectivity index (χ0) is 11.4. The van der Waals surface area contributed by atoms with Gasteiger partial charge in [-0.05, 0) is 43.2 Å². The Morgan fingerprint density at radius 2 is 1.94 bits per heavy atom. The molecule has 2 rings (SSSR count). The van der Waals surface area contributed by atoms with Gasteiger partial charge < -0.3 is 0 Å². The summed E-state index contributed by atoms with van der Waals surface area (Å²) < 4.78 is 0. The van der Waals surface area contributed by atoms with Crippen LogP contribution in [0.1, 0.15) is 50.2 Å². The van der Waals surface area contributed by atoms with E-state index in [1.807, 2.05) is 0 Å². The highest BCUT2D eigenvalue weighted by molar-refractivity contribution is 5.67. The second kappa shape index (κ2) is 5.34. The lowest BCUT2D eigenvalue weighted by atomic mass is 9.96. The summed E-state index contributed by atoms with van der Waals surface area (Å²) >= 11 is 0. The zero-order valence-electron chi connectivity index (χ0n) is 10.5. The molecule has 0 N–H and O–H groups in total. The first-order valence-corrected chi connectivity index (χ1v) is 6.55. The summed E-state index contributed by atoms with van der Waals surface area (Å²) in [6, 6.07) is 8.97. The van der Waals surface area contributed by atoms with E-state index in [1.54, 1.807) is 5.57 Å². The van der Waals surface area contributed by atoms with Crippen molar-refractivity contribution in [1.82, 2.24) is 0 Å². The van der Waals surface area contributed by atoms with E-state index in [9.17, 15) is 0 Å². The van der Waals surface area contributed by atoms with Crippen molar-refractivity contribution >= 4 is 5.57 Å². The minimum atomic E-state index is 0.913. The number of hydrogen-bond acceptors (Lipinski definition) is 0. The van der Waals surface area contributed by atoms with Gasteiger partial charge in [0.25, 0.3) is 0 Å². The molecule has 0 radical (unpaired) electrons. The van der Waals surface area contributed by atoms with Crippen molar-refractivity contribution in [1.29, 1.82) is 0 Å². The van der Waals surface area contributed by atoms with E-state index in [0.717, 1.165) is 5.92 Å². The number of unbranched alkanes of at least 4 members (excludes halogenated alkanes) is 1. The van der Waals surface area contributed by atoms with Gasteiger partial charge in [-0.1, -0.05) is 55.7 Å². The first kappa shape index (κ1) is 11.4. The van der Waals surface area contributed by atoms with E-state index in [-0.39, 0.29) is 0 Å². The van der Waals surface area contributed by atoms with E-state index in [2.05, 4.69) is 44.2 Å². The number of allylic oxidation sites excluding steroid dienone is 2. The molecule has 1 unspecified atom stereocenters. The number of hydrogen-bond donors (Lipinski definition) is 0. The predicted molar refractivity (Wildman–Crippen MR) is 71.4 cm³/mol. The van der Waals surface area contributed by atoms with Crippen LogP contribution in [0.15, 0.2) is 30.3 Å². The molecule has 1 aliphatic rings. The standard InChI is InChI=1S/C16H22/c1-3-4-5-14-8-11-16(12-14)15-9-6-13(2)7-10-15/h6-7,9-11,14H,3-5,8,12H2,1-2H3. The van der Waals surface area contributed by atoms with Crippen molar-refractivity contribution in [3.8, 4) is 0 Å². The molecular formula is C16H22. The van der Waals surface area contributed by atoms with Gasteiger partial charge in [0.2, 0.25) is 0 Å². The van der Waals surface area contributed by atoms with E-state index < -0.39 is 0 Å². The van der Waals surface area contributed by atoms with Gasteiger partial charge in [0.15, 0.2) is 0 Å². The highest BCUT2D eigenvalue weighted by Gasteiger charge is 2.17.